The molecule has 0 bridgehead atoms. The van der Waals surface area contributed by atoms with Crippen LogP contribution < -0.4 is 5.32 Å². The highest BCUT2D eigenvalue weighted by molar-refractivity contribution is 5.85. The maximum atomic E-state index is 12.3. The van der Waals surface area contributed by atoms with Crippen molar-refractivity contribution in [2.45, 2.75) is 44.4 Å². The predicted molar refractivity (Wildman–Crippen MR) is 72.7 cm³/mol. The second-order valence-corrected chi connectivity index (χ2v) is 5.21. The van der Waals surface area contributed by atoms with E-state index in [9.17, 15) is 9.90 Å². The molecule has 3 atom stereocenters. The smallest absolute Gasteiger partial charge is 0.252 e. The van der Waals surface area contributed by atoms with Crippen molar-refractivity contribution in [3.8, 4) is 0 Å². The summed E-state index contributed by atoms with van der Waals surface area (Å²) in [7, 11) is 1.53. The Labute approximate surface area is 113 Å². The third kappa shape index (κ3) is 2.51. The number of rotatable bonds is 4. The van der Waals surface area contributed by atoms with E-state index in [1.807, 2.05) is 31.2 Å². The fourth-order valence-corrected chi connectivity index (χ4v) is 2.44. The van der Waals surface area contributed by atoms with Gasteiger partial charge in [0.25, 0.3) is 5.91 Å². The topological polar surface area (TPSA) is 58.6 Å². The number of hydrogen-bond donors (Lipinski definition) is 2. The fraction of sp³-hybridized carbons (Fsp3) is 0.533. The molecule has 0 fully saturated rings. The van der Waals surface area contributed by atoms with Gasteiger partial charge in [-0.3, -0.25) is 4.79 Å². The zero-order chi connectivity index (χ0) is 14.0. The molecule has 1 unspecified atom stereocenters. The summed E-state index contributed by atoms with van der Waals surface area (Å²) >= 11 is 0. The number of aliphatic hydroxyl groups excluding tert-OH is 1. The Bertz CT molecular complexity index is 468. The third-order valence-corrected chi connectivity index (χ3v) is 4.10. The second kappa shape index (κ2) is 5.31. The molecule has 19 heavy (non-hydrogen) atoms. The lowest BCUT2D eigenvalue weighted by molar-refractivity contribution is -0.143. The molecule has 1 aliphatic carbocycles. The number of benzene rings is 1. The fourth-order valence-electron chi connectivity index (χ4n) is 2.44. The van der Waals surface area contributed by atoms with Crippen LogP contribution in [0.1, 0.15) is 37.4 Å². The number of nitrogens with one attached hydrogen (secondary N) is 1. The molecule has 1 amide bonds. The maximum absolute atomic E-state index is 12.3. The number of fused-ring (bicyclic) bond motifs is 1. The monoisotopic (exact) mass is 263 g/mol. The molecule has 0 heterocycles. The molecule has 2 rings (SSSR count). The van der Waals surface area contributed by atoms with Crippen molar-refractivity contribution in [2.75, 3.05) is 7.11 Å². The van der Waals surface area contributed by atoms with Crippen molar-refractivity contribution < 1.29 is 14.6 Å². The third-order valence-electron chi connectivity index (χ3n) is 4.10. The van der Waals surface area contributed by atoms with E-state index in [1.165, 1.54) is 7.11 Å². The van der Waals surface area contributed by atoms with E-state index in [0.29, 0.717) is 12.8 Å². The molecule has 0 aromatic heterocycles. The largest absolute Gasteiger partial charge is 0.390 e. The Hall–Kier alpha value is -1.39. The average Bonchev–Trinajstić information content (AvgIpc) is 2.74. The van der Waals surface area contributed by atoms with Crippen LogP contribution in [0.5, 0.6) is 0 Å². The van der Waals surface area contributed by atoms with Gasteiger partial charge in [0.2, 0.25) is 0 Å². The summed E-state index contributed by atoms with van der Waals surface area (Å²) in [6.45, 7) is 3.66. The highest BCUT2D eigenvalue weighted by Gasteiger charge is 2.37. The Balaban J connectivity index is 2.18. The first-order valence-electron chi connectivity index (χ1n) is 6.64. The van der Waals surface area contributed by atoms with Crippen LogP contribution in [0.2, 0.25) is 0 Å². The van der Waals surface area contributed by atoms with Gasteiger partial charge in [-0.1, -0.05) is 31.2 Å². The lowest BCUT2D eigenvalue weighted by atomic mass is 10.0. The minimum atomic E-state index is -0.850. The van der Waals surface area contributed by atoms with Crippen molar-refractivity contribution in [3.63, 3.8) is 0 Å². The number of carbonyl (C=O) groups excluding carboxylic acids is 1. The van der Waals surface area contributed by atoms with E-state index in [-0.39, 0.29) is 11.9 Å². The Kier molecular flexibility index (Phi) is 3.92. The minimum absolute atomic E-state index is 0.182. The minimum Gasteiger partial charge on any atom is -0.390 e. The number of aliphatic hydroxyl groups is 1. The van der Waals surface area contributed by atoms with Crippen LogP contribution in [-0.2, 0) is 16.0 Å². The molecule has 104 valence electrons. The Morgan fingerprint density at radius 1 is 1.53 bits per heavy atom. The van der Waals surface area contributed by atoms with Gasteiger partial charge in [0.15, 0.2) is 0 Å². The van der Waals surface area contributed by atoms with Gasteiger partial charge in [-0.15, -0.1) is 0 Å². The Morgan fingerprint density at radius 3 is 2.84 bits per heavy atom. The van der Waals surface area contributed by atoms with Crippen LogP contribution in [-0.4, -0.2) is 29.8 Å². The molecule has 4 heteroatoms. The van der Waals surface area contributed by atoms with Crippen LogP contribution in [0, 0.1) is 0 Å². The van der Waals surface area contributed by atoms with E-state index >= 15 is 0 Å². The quantitative estimate of drug-likeness (QED) is 0.867. The van der Waals surface area contributed by atoms with Crippen LogP contribution >= 0.6 is 0 Å². The van der Waals surface area contributed by atoms with Gasteiger partial charge >= 0.3 is 0 Å². The summed E-state index contributed by atoms with van der Waals surface area (Å²) in [4.78, 5) is 12.3. The second-order valence-electron chi connectivity index (χ2n) is 5.21. The first-order chi connectivity index (χ1) is 9.01. The van der Waals surface area contributed by atoms with E-state index in [2.05, 4.69) is 5.32 Å². The van der Waals surface area contributed by atoms with Gasteiger partial charge in [-0.25, -0.2) is 0 Å². The average molecular weight is 263 g/mol. The molecule has 0 spiro atoms. The molecule has 1 aromatic carbocycles. The summed E-state index contributed by atoms with van der Waals surface area (Å²) in [5.74, 6) is -0.182. The molecule has 2 N–H and O–H groups in total. The number of ether oxygens (including phenoxy) is 1. The van der Waals surface area contributed by atoms with Gasteiger partial charge < -0.3 is 15.2 Å². The highest BCUT2D eigenvalue weighted by atomic mass is 16.5. The molecule has 4 nitrogen and oxygen atoms in total. The first kappa shape index (κ1) is 14.0. The summed E-state index contributed by atoms with van der Waals surface area (Å²) in [5.41, 5.74) is 1.24. The summed E-state index contributed by atoms with van der Waals surface area (Å²) in [6, 6.07) is 7.46. The van der Waals surface area contributed by atoms with Gasteiger partial charge in [-0.05, 0) is 24.5 Å². The van der Waals surface area contributed by atoms with Crippen LogP contribution in [0.3, 0.4) is 0 Å². The number of methoxy groups -OCH3 is 1. The van der Waals surface area contributed by atoms with Crippen LogP contribution in [0.4, 0.5) is 0 Å². The van der Waals surface area contributed by atoms with Crippen LogP contribution in [0.25, 0.3) is 0 Å². The number of hydrogen-bond acceptors (Lipinski definition) is 3. The zero-order valence-electron chi connectivity index (χ0n) is 11.6. The molecule has 1 aliphatic rings. The predicted octanol–water partition coefficient (Wildman–Crippen LogP) is 1.58. The van der Waals surface area contributed by atoms with Gasteiger partial charge in [0, 0.05) is 13.5 Å². The molecule has 0 radical (unpaired) electrons. The molecule has 0 saturated heterocycles. The highest BCUT2D eigenvalue weighted by Crippen LogP contribution is 2.32. The molecular formula is C15H21NO3. The summed E-state index contributed by atoms with van der Waals surface area (Å²) in [6.07, 6.45) is 0.593. The molecule has 0 saturated carbocycles. The van der Waals surface area contributed by atoms with Crippen molar-refractivity contribution in [1.82, 2.24) is 5.32 Å². The van der Waals surface area contributed by atoms with Crippen molar-refractivity contribution in [1.29, 1.82) is 0 Å². The first-order valence-corrected chi connectivity index (χ1v) is 6.64. The van der Waals surface area contributed by atoms with E-state index < -0.39 is 11.7 Å². The lowest BCUT2D eigenvalue weighted by Crippen LogP contribution is -2.48. The number of amides is 1. The van der Waals surface area contributed by atoms with Gasteiger partial charge in [-0.2, -0.15) is 0 Å². The van der Waals surface area contributed by atoms with Crippen molar-refractivity contribution >= 4 is 5.91 Å². The lowest BCUT2D eigenvalue weighted by Gasteiger charge is -2.28. The summed E-state index contributed by atoms with van der Waals surface area (Å²) in [5, 5.41) is 13.0. The van der Waals surface area contributed by atoms with Crippen molar-refractivity contribution in [2.24, 2.45) is 0 Å². The van der Waals surface area contributed by atoms with Crippen molar-refractivity contribution in [3.05, 3.63) is 35.4 Å². The standard InChI is InChI=1S/C15H21NO3/c1-4-15(2,19-3)14(18)16-13-11-8-6-5-7-10(11)9-12(13)17/h5-8,12-13,17H,4,9H2,1-3H3,(H,16,18)/t12-,13+,15?/m1/s1. The van der Waals surface area contributed by atoms with Gasteiger partial charge in [0.1, 0.15) is 5.60 Å². The van der Waals surface area contributed by atoms with Gasteiger partial charge in [0.05, 0.1) is 12.1 Å². The zero-order valence-corrected chi connectivity index (χ0v) is 11.6. The van der Waals surface area contributed by atoms with E-state index in [4.69, 9.17) is 4.74 Å². The Morgan fingerprint density at radius 2 is 2.21 bits per heavy atom. The molecular weight excluding hydrogens is 242 g/mol. The SMILES string of the molecule is CCC(C)(OC)C(=O)N[C@H]1c2ccccc2C[C@H]1O. The summed E-state index contributed by atoms with van der Waals surface area (Å²) < 4.78 is 5.29. The molecule has 0 aliphatic heterocycles. The normalized spacial score (nSPS) is 24.6. The van der Waals surface area contributed by atoms with Crippen LogP contribution in [0.15, 0.2) is 24.3 Å². The van der Waals surface area contributed by atoms with E-state index in [1.54, 1.807) is 6.92 Å². The number of carbonyl (C=O) groups is 1. The maximum Gasteiger partial charge on any atom is 0.252 e. The molecule has 1 aromatic rings. The van der Waals surface area contributed by atoms with E-state index in [0.717, 1.165) is 11.1 Å².